The molecule has 6 heteroatoms. The van der Waals surface area contributed by atoms with Crippen LogP contribution in [0.3, 0.4) is 0 Å². The standard InChI is InChI=1S/C23H25ClN2O3/c1-16-6-8-17(9-7-16)26-13-10-20(21(26)27)25-22(28)23(11-14-29-15-12-23)18-4-2-3-5-19(18)24/h2-9,20H,10-15H2,1H3,(H,25,28). The van der Waals surface area contributed by atoms with Gasteiger partial charge in [-0.15, -0.1) is 0 Å². The number of benzene rings is 2. The molecule has 0 bridgehead atoms. The van der Waals surface area contributed by atoms with Crippen molar-refractivity contribution >= 4 is 29.1 Å². The lowest BCUT2D eigenvalue weighted by Gasteiger charge is -2.37. The Bertz CT molecular complexity index is 907. The summed E-state index contributed by atoms with van der Waals surface area (Å²) in [4.78, 5) is 28.2. The van der Waals surface area contributed by atoms with E-state index in [-0.39, 0.29) is 11.8 Å². The molecule has 2 fully saturated rings. The van der Waals surface area contributed by atoms with E-state index < -0.39 is 11.5 Å². The van der Waals surface area contributed by atoms with Crippen molar-refractivity contribution in [2.75, 3.05) is 24.7 Å². The Morgan fingerprint density at radius 2 is 1.83 bits per heavy atom. The van der Waals surface area contributed by atoms with Crippen molar-refractivity contribution in [3.05, 3.63) is 64.7 Å². The molecule has 4 rings (SSSR count). The van der Waals surface area contributed by atoms with Gasteiger partial charge < -0.3 is 15.0 Å². The van der Waals surface area contributed by atoms with E-state index in [4.69, 9.17) is 16.3 Å². The van der Waals surface area contributed by atoms with E-state index >= 15 is 0 Å². The smallest absolute Gasteiger partial charge is 0.249 e. The number of hydrogen-bond donors (Lipinski definition) is 1. The first-order valence-electron chi connectivity index (χ1n) is 10.0. The molecule has 2 saturated heterocycles. The van der Waals surface area contributed by atoms with Gasteiger partial charge in [0.1, 0.15) is 6.04 Å². The molecule has 0 aliphatic carbocycles. The van der Waals surface area contributed by atoms with Gasteiger partial charge in [0.05, 0.1) is 5.41 Å². The fourth-order valence-electron chi connectivity index (χ4n) is 4.28. The number of ether oxygens (including phenoxy) is 1. The molecule has 2 amide bonds. The van der Waals surface area contributed by atoms with Crippen LogP contribution in [0, 0.1) is 6.92 Å². The molecule has 2 aliphatic heterocycles. The first-order chi connectivity index (χ1) is 14.0. The van der Waals surface area contributed by atoms with Crippen molar-refractivity contribution in [2.45, 2.75) is 37.6 Å². The van der Waals surface area contributed by atoms with Crippen LogP contribution in [0.4, 0.5) is 5.69 Å². The average molecular weight is 413 g/mol. The number of nitrogens with zero attached hydrogens (tertiary/aromatic N) is 1. The molecule has 1 unspecified atom stereocenters. The molecule has 1 atom stereocenters. The Morgan fingerprint density at radius 1 is 1.14 bits per heavy atom. The fraction of sp³-hybridized carbons (Fsp3) is 0.391. The van der Waals surface area contributed by atoms with Crippen LogP contribution in [0.15, 0.2) is 48.5 Å². The topological polar surface area (TPSA) is 58.6 Å². The van der Waals surface area contributed by atoms with Crippen LogP contribution in [0.5, 0.6) is 0 Å². The molecule has 1 N–H and O–H groups in total. The summed E-state index contributed by atoms with van der Waals surface area (Å²) in [5.74, 6) is -0.207. The van der Waals surface area contributed by atoms with Crippen LogP contribution in [0.1, 0.15) is 30.4 Å². The molecule has 29 heavy (non-hydrogen) atoms. The van der Waals surface area contributed by atoms with Gasteiger partial charge >= 0.3 is 0 Å². The minimum atomic E-state index is -0.770. The fourth-order valence-corrected chi connectivity index (χ4v) is 4.60. The second-order valence-corrected chi connectivity index (χ2v) is 8.22. The largest absolute Gasteiger partial charge is 0.381 e. The molecule has 0 saturated carbocycles. The van der Waals surface area contributed by atoms with Crippen molar-refractivity contribution in [3.63, 3.8) is 0 Å². The number of nitrogens with one attached hydrogen (secondary N) is 1. The Hall–Kier alpha value is -2.37. The lowest BCUT2D eigenvalue weighted by Crippen LogP contribution is -2.52. The lowest BCUT2D eigenvalue weighted by molar-refractivity contribution is -0.133. The van der Waals surface area contributed by atoms with Gasteiger partial charge in [-0.3, -0.25) is 9.59 Å². The highest BCUT2D eigenvalue weighted by atomic mass is 35.5. The number of carbonyl (C=O) groups excluding carboxylic acids is 2. The molecule has 2 heterocycles. The summed E-state index contributed by atoms with van der Waals surface area (Å²) in [5, 5.41) is 3.60. The Morgan fingerprint density at radius 3 is 2.52 bits per heavy atom. The van der Waals surface area contributed by atoms with E-state index in [1.165, 1.54) is 0 Å². The second kappa shape index (κ2) is 8.17. The molecular weight excluding hydrogens is 388 g/mol. The Labute approximate surface area is 176 Å². The van der Waals surface area contributed by atoms with Gasteiger partial charge in [0.25, 0.3) is 0 Å². The van der Waals surface area contributed by atoms with Crippen molar-refractivity contribution in [1.82, 2.24) is 5.32 Å². The minimum Gasteiger partial charge on any atom is -0.381 e. The number of rotatable bonds is 4. The number of amides is 2. The van der Waals surface area contributed by atoms with Crippen molar-refractivity contribution in [3.8, 4) is 0 Å². The van der Waals surface area contributed by atoms with Gasteiger partial charge in [0.15, 0.2) is 0 Å². The SMILES string of the molecule is Cc1ccc(N2CCC(NC(=O)C3(c4ccccc4Cl)CCOCC3)C2=O)cc1. The zero-order chi connectivity index (χ0) is 20.4. The van der Waals surface area contributed by atoms with Crippen molar-refractivity contribution in [2.24, 2.45) is 0 Å². The number of halogens is 1. The predicted octanol–water partition coefficient (Wildman–Crippen LogP) is 3.62. The summed E-state index contributed by atoms with van der Waals surface area (Å²) >= 11 is 6.46. The van der Waals surface area contributed by atoms with E-state index in [2.05, 4.69) is 5.32 Å². The van der Waals surface area contributed by atoms with Crippen LogP contribution >= 0.6 is 11.6 Å². The van der Waals surface area contributed by atoms with Gasteiger partial charge in [0, 0.05) is 30.5 Å². The van der Waals surface area contributed by atoms with Crippen LogP contribution in [0.25, 0.3) is 0 Å². The van der Waals surface area contributed by atoms with E-state index in [0.29, 0.717) is 44.0 Å². The van der Waals surface area contributed by atoms with Gasteiger partial charge in [-0.25, -0.2) is 0 Å². The first kappa shape index (κ1) is 19.9. The molecule has 5 nitrogen and oxygen atoms in total. The second-order valence-electron chi connectivity index (χ2n) is 7.81. The highest BCUT2D eigenvalue weighted by molar-refractivity contribution is 6.31. The lowest BCUT2D eigenvalue weighted by atomic mass is 9.73. The Kier molecular flexibility index (Phi) is 5.61. The predicted molar refractivity (Wildman–Crippen MR) is 113 cm³/mol. The Balaban J connectivity index is 1.55. The average Bonchev–Trinajstić information content (AvgIpc) is 3.09. The highest BCUT2D eigenvalue weighted by Gasteiger charge is 2.45. The first-order valence-corrected chi connectivity index (χ1v) is 10.4. The molecule has 2 aromatic carbocycles. The van der Waals surface area contributed by atoms with E-state index in [1.807, 2.05) is 49.4 Å². The molecule has 0 radical (unpaired) electrons. The van der Waals surface area contributed by atoms with Crippen LogP contribution in [0.2, 0.25) is 5.02 Å². The summed E-state index contributed by atoms with van der Waals surface area (Å²) in [6.45, 7) is 3.59. The normalized spacial score (nSPS) is 21.2. The summed E-state index contributed by atoms with van der Waals surface area (Å²) in [5.41, 5.74) is 2.05. The third kappa shape index (κ3) is 3.77. The van der Waals surface area contributed by atoms with Gasteiger partial charge in [0.2, 0.25) is 11.8 Å². The van der Waals surface area contributed by atoms with Gasteiger partial charge in [-0.2, -0.15) is 0 Å². The van der Waals surface area contributed by atoms with Gasteiger partial charge in [-0.05, 0) is 49.9 Å². The summed E-state index contributed by atoms with van der Waals surface area (Å²) in [6.07, 6.45) is 1.68. The number of hydrogen-bond acceptors (Lipinski definition) is 3. The van der Waals surface area contributed by atoms with Crippen LogP contribution in [-0.4, -0.2) is 37.6 Å². The zero-order valence-corrected chi connectivity index (χ0v) is 17.2. The number of carbonyl (C=O) groups is 2. The molecule has 2 aromatic rings. The molecule has 2 aliphatic rings. The minimum absolute atomic E-state index is 0.0661. The monoisotopic (exact) mass is 412 g/mol. The maximum Gasteiger partial charge on any atom is 0.249 e. The molecule has 0 spiro atoms. The summed E-state index contributed by atoms with van der Waals surface area (Å²) in [6, 6.07) is 14.8. The molecule has 0 aromatic heterocycles. The molecular formula is C23H25ClN2O3. The zero-order valence-electron chi connectivity index (χ0n) is 16.5. The maximum atomic E-state index is 13.5. The van der Waals surface area contributed by atoms with Crippen LogP contribution < -0.4 is 10.2 Å². The van der Waals surface area contributed by atoms with Crippen molar-refractivity contribution in [1.29, 1.82) is 0 Å². The van der Waals surface area contributed by atoms with E-state index in [1.54, 1.807) is 11.0 Å². The summed E-state index contributed by atoms with van der Waals surface area (Å²) in [7, 11) is 0. The number of aryl methyl sites for hydroxylation is 1. The third-order valence-electron chi connectivity index (χ3n) is 6.03. The van der Waals surface area contributed by atoms with E-state index in [9.17, 15) is 9.59 Å². The maximum absolute atomic E-state index is 13.5. The van der Waals surface area contributed by atoms with E-state index in [0.717, 1.165) is 16.8 Å². The quantitative estimate of drug-likeness (QED) is 0.834. The number of anilines is 1. The van der Waals surface area contributed by atoms with Crippen LogP contribution in [-0.2, 0) is 19.7 Å². The van der Waals surface area contributed by atoms with Gasteiger partial charge in [-0.1, -0.05) is 47.5 Å². The highest BCUT2D eigenvalue weighted by Crippen LogP contribution is 2.39. The molecule has 152 valence electrons. The summed E-state index contributed by atoms with van der Waals surface area (Å²) < 4.78 is 5.51. The third-order valence-corrected chi connectivity index (χ3v) is 6.36. The van der Waals surface area contributed by atoms with Crippen molar-refractivity contribution < 1.29 is 14.3 Å².